The fraction of sp³-hybridized carbons (Fsp3) is 0.118. The van der Waals surface area contributed by atoms with E-state index < -0.39 is 5.97 Å². The van der Waals surface area contributed by atoms with Gasteiger partial charge in [0, 0.05) is 11.0 Å². The monoisotopic (exact) mass is 284 g/mol. The molecule has 0 fully saturated rings. The molecule has 3 heteroatoms. The highest BCUT2D eigenvalue weighted by Gasteiger charge is 2.11. The molecule has 0 saturated heterocycles. The first-order valence-corrected chi connectivity index (χ1v) is 7.23. The Labute approximate surface area is 123 Å². The van der Waals surface area contributed by atoms with Crippen molar-refractivity contribution in [2.45, 2.75) is 17.3 Å². The molecule has 0 amide bonds. The Kier molecular flexibility index (Phi) is 5.02. The summed E-state index contributed by atoms with van der Waals surface area (Å²) in [7, 11) is 0. The zero-order chi connectivity index (χ0) is 14.4. The fourth-order valence-electron chi connectivity index (χ4n) is 1.84. The molecule has 2 aromatic rings. The number of hydrogen-bond donors (Lipinski definition) is 0. The van der Waals surface area contributed by atoms with Gasteiger partial charge in [0.25, 0.3) is 0 Å². The van der Waals surface area contributed by atoms with Crippen molar-refractivity contribution < 1.29 is 9.53 Å². The van der Waals surface area contributed by atoms with Crippen molar-refractivity contribution in [2.75, 3.05) is 0 Å². The minimum Gasteiger partial charge on any atom is -0.448 e. The highest BCUT2D eigenvalue weighted by Crippen LogP contribution is 2.33. The van der Waals surface area contributed by atoms with E-state index in [4.69, 9.17) is 4.74 Å². The van der Waals surface area contributed by atoms with E-state index >= 15 is 0 Å². The lowest BCUT2D eigenvalue weighted by Gasteiger charge is -2.14. The molecular formula is C17H16O2S. The number of benzene rings is 2. The molecule has 20 heavy (non-hydrogen) atoms. The molecule has 0 bridgehead atoms. The Bertz CT molecular complexity index is 593. The van der Waals surface area contributed by atoms with E-state index in [2.05, 4.69) is 24.8 Å². The number of carbonyl (C=O) groups is 1. The van der Waals surface area contributed by atoms with Gasteiger partial charge in [-0.15, -0.1) is 0 Å². The van der Waals surface area contributed by atoms with Crippen LogP contribution in [0.25, 0.3) is 11.1 Å². The Morgan fingerprint density at radius 1 is 1.15 bits per heavy atom. The van der Waals surface area contributed by atoms with Crippen molar-refractivity contribution >= 4 is 17.7 Å². The minimum absolute atomic E-state index is 0.259. The maximum atomic E-state index is 11.2. The summed E-state index contributed by atoms with van der Waals surface area (Å²) in [6.45, 7) is 5.26. The van der Waals surface area contributed by atoms with Crippen LogP contribution in [0, 0.1) is 0 Å². The van der Waals surface area contributed by atoms with Crippen molar-refractivity contribution in [3.05, 3.63) is 67.3 Å². The molecule has 1 atom stereocenters. The Hall–Kier alpha value is -2.00. The molecule has 0 spiro atoms. The topological polar surface area (TPSA) is 26.3 Å². The highest BCUT2D eigenvalue weighted by atomic mass is 32.2. The van der Waals surface area contributed by atoms with Crippen LogP contribution in [0.1, 0.15) is 6.92 Å². The predicted molar refractivity (Wildman–Crippen MR) is 83.5 cm³/mol. The maximum absolute atomic E-state index is 11.2. The smallest absolute Gasteiger partial charge is 0.331 e. The number of hydrogen-bond acceptors (Lipinski definition) is 3. The molecule has 2 aromatic carbocycles. The van der Waals surface area contributed by atoms with Gasteiger partial charge in [0.2, 0.25) is 0 Å². The molecule has 2 nitrogen and oxygen atoms in total. The Balaban J connectivity index is 2.21. The lowest BCUT2D eigenvalue weighted by Crippen LogP contribution is -2.08. The van der Waals surface area contributed by atoms with E-state index in [0.717, 1.165) is 16.0 Å². The number of carbonyl (C=O) groups excluding carboxylic acids is 1. The van der Waals surface area contributed by atoms with Crippen LogP contribution in [-0.4, -0.2) is 11.4 Å². The van der Waals surface area contributed by atoms with Crippen LogP contribution in [0.4, 0.5) is 0 Å². The summed E-state index contributed by atoms with van der Waals surface area (Å²) < 4.78 is 5.20. The van der Waals surface area contributed by atoms with E-state index in [0.29, 0.717) is 0 Å². The van der Waals surface area contributed by atoms with Crippen LogP contribution in [0.3, 0.4) is 0 Å². The van der Waals surface area contributed by atoms with Crippen LogP contribution >= 0.6 is 11.8 Å². The van der Waals surface area contributed by atoms with Crippen LogP contribution in [0.15, 0.2) is 72.1 Å². The van der Waals surface area contributed by atoms with Gasteiger partial charge in [-0.3, -0.25) is 0 Å². The molecule has 0 aliphatic rings. The lowest BCUT2D eigenvalue weighted by atomic mass is 10.1. The molecule has 0 aliphatic heterocycles. The van der Waals surface area contributed by atoms with E-state index in [9.17, 15) is 4.79 Å². The largest absolute Gasteiger partial charge is 0.448 e. The highest BCUT2D eigenvalue weighted by molar-refractivity contribution is 7.99. The van der Waals surface area contributed by atoms with Gasteiger partial charge in [-0.25, -0.2) is 4.79 Å². The zero-order valence-corrected chi connectivity index (χ0v) is 12.1. The number of rotatable bonds is 5. The Morgan fingerprint density at radius 2 is 1.80 bits per heavy atom. The average Bonchev–Trinajstić information content (AvgIpc) is 2.48. The molecular weight excluding hydrogens is 268 g/mol. The predicted octanol–water partition coefficient (Wildman–Crippen LogP) is 4.52. The molecule has 0 aliphatic carbocycles. The molecule has 0 radical (unpaired) electrons. The van der Waals surface area contributed by atoms with Gasteiger partial charge in [0.1, 0.15) is 5.44 Å². The third-order valence-corrected chi connectivity index (χ3v) is 3.75. The summed E-state index contributed by atoms with van der Waals surface area (Å²) in [6, 6.07) is 18.2. The van der Waals surface area contributed by atoms with Crippen LogP contribution in [0.5, 0.6) is 0 Å². The first kappa shape index (κ1) is 14.4. The van der Waals surface area contributed by atoms with Gasteiger partial charge in [0.05, 0.1) is 0 Å². The molecule has 0 saturated carbocycles. The molecule has 1 unspecified atom stereocenters. The first-order valence-electron chi connectivity index (χ1n) is 6.35. The molecule has 0 N–H and O–H groups in total. The normalized spacial score (nSPS) is 11.7. The van der Waals surface area contributed by atoms with Gasteiger partial charge in [-0.1, -0.05) is 66.9 Å². The van der Waals surface area contributed by atoms with Crippen molar-refractivity contribution in [3.63, 3.8) is 0 Å². The van der Waals surface area contributed by atoms with Crippen molar-refractivity contribution in [1.29, 1.82) is 0 Å². The van der Waals surface area contributed by atoms with Crippen LogP contribution in [-0.2, 0) is 9.53 Å². The van der Waals surface area contributed by atoms with Gasteiger partial charge in [0.15, 0.2) is 0 Å². The second-order valence-electron chi connectivity index (χ2n) is 4.19. The fourth-order valence-corrected chi connectivity index (χ4v) is 2.81. The molecule has 0 heterocycles. The van der Waals surface area contributed by atoms with Gasteiger partial charge >= 0.3 is 5.97 Å². The third-order valence-electron chi connectivity index (χ3n) is 2.71. The summed E-state index contributed by atoms with van der Waals surface area (Å²) in [5.41, 5.74) is 2.03. The summed E-state index contributed by atoms with van der Waals surface area (Å²) in [5.74, 6) is -0.401. The summed E-state index contributed by atoms with van der Waals surface area (Å²) in [6.07, 6.45) is 1.18. The van der Waals surface area contributed by atoms with Gasteiger partial charge < -0.3 is 4.74 Å². The van der Waals surface area contributed by atoms with E-state index in [1.807, 2.05) is 43.3 Å². The van der Waals surface area contributed by atoms with Crippen molar-refractivity contribution in [2.24, 2.45) is 0 Å². The summed E-state index contributed by atoms with van der Waals surface area (Å²) in [5, 5.41) is 0. The van der Waals surface area contributed by atoms with Crippen LogP contribution in [0.2, 0.25) is 0 Å². The Morgan fingerprint density at radius 3 is 2.50 bits per heavy atom. The number of thioether (sulfide) groups is 1. The van der Waals surface area contributed by atoms with Crippen LogP contribution < -0.4 is 0 Å². The molecule has 0 aromatic heterocycles. The quantitative estimate of drug-likeness (QED) is 0.349. The van der Waals surface area contributed by atoms with E-state index in [-0.39, 0.29) is 5.44 Å². The second-order valence-corrected chi connectivity index (χ2v) is 5.53. The lowest BCUT2D eigenvalue weighted by molar-refractivity contribution is -0.138. The molecule has 102 valence electrons. The average molecular weight is 284 g/mol. The summed E-state index contributed by atoms with van der Waals surface area (Å²) >= 11 is 1.52. The van der Waals surface area contributed by atoms with Crippen molar-refractivity contribution in [3.8, 4) is 11.1 Å². The van der Waals surface area contributed by atoms with Gasteiger partial charge in [-0.2, -0.15) is 0 Å². The number of ether oxygens (including phenoxy) is 1. The maximum Gasteiger partial charge on any atom is 0.331 e. The number of esters is 1. The standard InChI is InChI=1S/C17H16O2S/c1-3-17(18)19-13(2)20-16-12-8-7-11-15(16)14-9-5-4-6-10-14/h3-13H,1H2,2H3. The van der Waals surface area contributed by atoms with Crippen molar-refractivity contribution in [1.82, 2.24) is 0 Å². The SMILES string of the molecule is C=CC(=O)OC(C)Sc1ccccc1-c1ccccc1. The first-order chi connectivity index (χ1) is 9.70. The second kappa shape index (κ2) is 6.96. The van der Waals surface area contributed by atoms with Gasteiger partial charge in [-0.05, 0) is 24.1 Å². The minimum atomic E-state index is -0.401. The summed E-state index contributed by atoms with van der Waals surface area (Å²) in [4.78, 5) is 12.3. The molecule has 2 rings (SSSR count). The zero-order valence-electron chi connectivity index (χ0n) is 11.3. The third kappa shape index (κ3) is 3.75. The van der Waals surface area contributed by atoms with E-state index in [1.54, 1.807) is 0 Å². The van der Waals surface area contributed by atoms with E-state index in [1.165, 1.54) is 17.8 Å².